The third-order valence-electron chi connectivity index (χ3n) is 4.98. The first-order valence-corrected chi connectivity index (χ1v) is 9.64. The summed E-state index contributed by atoms with van der Waals surface area (Å²) in [5.41, 5.74) is 2.09. The molecule has 142 valence electrons. The van der Waals surface area contributed by atoms with E-state index in [2.05, 4.69) is 16.0 Å². The summed E-state index contributed by atoms with van der Waals surface area (Å²) in [7, 11) is 0. The van der Waals surface area contributed by atoms with Gasteiger partial charge >= 0.3 is 0 Å². The van der Waals surface area contributed by atoms with E-state index in [0.29, 0.717) is 30.1 Å². The van der Waals surface area contributed by atoms with Crippen LogP contribution in [0.4, 0.5) is 5.69 Å². The molecule has 2 aromatic carbocycles. The molecule has 1 heterocycles. The van der Waals surface area contributed by atoms with Gasteiger partial charge in [0.05, 0.1) is 11.3 Å². The number of anilines is 1. The van der Waals surface area contributed by atoms with Crippen LogP contribution in [0.2, 0.25) is 0 Å². The van der Waals surface area contributed by atoms with Crippen molar-refractivity contribution >= 4 is 17.5 Å². The van der Waals surface area contributed by atoms with E-state index in [4.69, 9.17) is 0 Å². The minimum atomic E-state index is -0.187. The number of hydrogen-bond donors (Lipinski definition) is 3. The summed E-state index contributed by atoms with van der Waals surface area (Å²) >= 11 is 0. The lowest BCUT2D eigenvalue weighted by atomic mass is 9.93. The van der Waals surface area contributed by atoms with Crippen LogP contribution in [0.5, 0.6) is 0 Å². The predicted octanol–water partition coefficient (Wildman–Crippen LogP) is 3.33. The Balaban J connectivity index is 1.54. The van der Waals surface area contributed by atoms with Crippen LogP contribution in [0.15, 0.2) is 54.6 Å². The van der Waals surface area contributed by atoms with Crippen LogP contribution in [-0.4, -0.2) is 24.9 Å². The van der Waals surface area contributed by atoms with E-state index in [-0.39, 0.29) is 11.8 Å². The highest BCUT2D eigenvalue weighted by atomic mass is 16.2. The molecule has 0 spiro atoms. The Kier molecular flexibility index (Phi) is 6.99. The number of carbonyl (C=O) groups excluding carboxylic acids is 2. The molecule has 3 rings (SSSR count). The molecule has 2 amide bonds. The van der Waals surface area contributed by atoms with Crippen molar-refractivity contribution in [2.24, 2.45) is 5.92 Å². The first-order valence-electron chi connectivity index (χ1n) is 9.64. The minimum absolute atomic E-state index is 0.0307. The zero-order valence-electron chi connectivity index (χ0n) is 15.5. The molecule has 1 aliphatic heterocycles. The number of piperidine rings is 1. The van der Waals surface area contributed by atoms with Crippen molar-refractivity contribution in [3.05, 3.63) is 65.7 Å². The molecule has 0 aliphatic carbocycles. The van der Waals surface area contributed by atoms with Gasteiger partial charge in [-0.2, -0.15) is 0 Å². The first kappa shape index (κ1) is 19.1. The predicted molar refractivity (Wildman–Crippen MR) is 108 cm³/mol. The minimum Gasteiger partial charge on any atom is -0.348 e. The third kappa shape index (κ3) is 5.93. The smallest absolute Gasteiger partial charge is 0.253 e. The Morgan fingerprint density at radius 1 is 0.963 bits per heavy atom. The third-order valence-corrected chi connectivity index (χ3v) is 4.98. The van der Waals surface area contributed by atoms with Crippen molar-refractivity contribution in [3.8, 4) is 0 Å². The van der Waals surface area contributed by atoms with E-state index in [0.717, 1.165) is 37.9 Å². The number of para-hydroxylation sites is 1. The van der Waals surface area contributed by atoms with Gasteiger partial charge in [0, 0.05) is 13.0 Å². The van der Waals surface area contributed by atoms with Gasteiger partial charge in [-0.3, -0.25) is 9.59 Å². The molecule has 1 saturated heterocycles. The molecule has 3 N–H and O–H groups in total. The van der Waals surface area contributed by atoms with Gasteiger partial charge in [0.1, 0.15) is 0 Å². The summed E-state index contributed by atoms with van der Waals surface area (Å²) in [5.74, 6) is 0.395. The molecule has 27 heavy (non-hydrogen) atoms. The molecule has 0 atom stereocenters. The Morgan fingerprint density at radius 2 is 1.67 bits per heavy atom. The topological polar surface area (TPSA) is 70.2 Å². The number of nitrogens with one attached hydrogen (secondary N) is 3. The summed E-state index contributed by atoms with van der Waals surface area (Å²) in [6.45, 7) is 2.53. The second-order valence-corrected chi connectivity index (χ2v) is 6.99. The number of hydrogen-bond acceptors (Lipinski definition) is 3. The van der Waals surface area contributed by atoms with E-state index in [1.807, 2.05) is 42.5 Å². The van der Waals surface area contributed by atoms with E-state index in [9.17, 15) is 9.59 Å². The van der Waals surface area contributed by atoms with E-state index in [1.165, 1.54) is 0 Å². The molecular formula is C22H27N3O2. The molecule has 0 unspecified atom stereocenters. The SMILES string of the molecule is O=C(CCC1CCNCC1)Nc1ccccc1C(=O)NCc1ccccc1. The Morgan fingerprint density at radius 3 is 2.44 bits per heavy atom. The van der Waals surface area contributed by atoms with Crippen molar-refractivity contribution in [1.82, 2.24) is 10.6 Å². The molecule has 5 nitrogen and oxygen atoms in total. The highest BCUT2D eigenvalue weighted by Gasteiger charge is 2.16. The van der Waals surface area contributed by atoms with E-state index in [1.54, 1.807) is 12.1 Å². The average molecular weight is 365 g/mol. The monoisotopic (exact) mass is 365 g/mol. The summed E-state index contributed by atoms with van der Waals surface area (Å²) in [4.78, 5) is 24.9. The van der Waals surface area contributed by atoms with E-state index < -0.39 is 0 Å². The van der Waals surface area contributed by atoms with Gasteiger partial charge in [-0.25, -0.2) is 0 Å². The quantitative estimate of drug-likeness (QED) is 0.705. The van der Waals surface area contributed by atoms with E-state index >= 15 is 0 Å². The number of rotatable bonds is 7. The van der Waals surface area contributed by atoms with Crippen LogP contribution < -0.4 is 16.0 Å². The van der Waals surface area contributed by atoms with Gasteiger partial charge in [-0.05, 0) is 56.0 Å². The van der Waals surface area contributed by atoms with Crippen LogP contribution in [-0.2, 0) is 11.3 Å². The molecule has 2 aromatic rings. The van der Waals surface area contributed by atoms with Gasteiger partial charge in [-0.15, -0.1) is 0 Å². The molecule has 1 aliphatic rings. The molecule has 0 radical (unpaired) electrons. The number of benzene rings is 2. The zero-order chi connectivity index (χ0) is 18.9. The molecule has 0 saturated carbocycles. The van der Waals surface area contributed by atoms with Crippen molar-refractivity contribution < 1.29 is 9.59 Å². The fourth-order valence-corrected chi connectivity index (χ4v) is 3.38. The highest BCUT2D eigenvalue weighted by molar-refractivity contribution is 6.03. The van der Waals surface area contributed by atoms with Crippen molar-refractivity contribution in [3.63, 3.8) is 0 Å². The van der Waals surface area contributed by atoms with Gasteiger partial charge in [0.15, 0.2) is 0 Å². The van der Waals surface area contributed by atoms with Crippen LogP contribution >= 0.6 is 0 Å². The van der Waals surface area contributed by atoms with Crippen molar-refractivity contribution in [2.75, 3.05) is 18.4 Å². The fourth-order valence-electron chi connectivity index (χ4n) is 3.38. The number of carbonyl (C=O) groups is 2. The van der Waals surface area contributed by atoms with Crippen LogP contribution in [0.1, 0.15) is 41.6 Å². The Labute approximate surface area is 160 Å². The van der Waals surface area contributed by atoms with Crippen molar-refractivity contribution in [2.45, 2.75) is 32.2 Å². The normalized spacial score (nSPS) is 14.5. The molecule has 0 bridgehead atoms. The molecule has 1 fully saturated rings. The van der Waals surface area contributed by atoms with Gasteiger partial charge in [0.25, 0.3) is 5.91 Å². The maximum Gasteiger partial charge on any atom is 0.253 e. The van der Waals surface area contributed by atoms with Crippen LogP contribution in [0.25, 0.3) is 0 Å². The lowest BCUT2D eigenvalue weighted by molar-refractivity contribution is -0.116. The second kappa shape index (κ2) is 9.88. The summed E-state index contributed by atoms with van der Waals surface area (Å²) in [6.07, 6.45) is 3.65. The van der Waals surface area contributed by atoms with Crippen molar-refractivity contribution in [1.29, 1.82) is 0 Å². The maximum atomic E-state index is 12.6. The summed E-state index contributed by atoms with van der Waals surface area (Å²) in [5, 5.41) is 9.17. The van der Waals surface area contributed by atoms with Crippen LogP contribution in [0.3, 0.4) is 0 Å². The standard InChI is InChI=1S/C22H27N3O2/c26-21(11-10-17-12-14-23-15-13-17)25-20-9-5-4-8-19(20)22(27)24-16-18-6-2-1-3-7-18/h1-9,17,23H,10-16H2,(H,24,27)(H,25,26). The lowest BCUT2D eigenvalue weighted by Gasteiger charge is -2.22. The molecular weight excluding hydrogens is 338 g/mol. The maximum absolute atomic E-state index is 12.6. The fraction of sp³-hybridized carbons (Fsp3) is 0.364. The first-order chi connectivity index (χ1) is 13.2. The summed E-state index contributed by atoms with van der Waals surface area (Å²) in [6, 6.07) is 16.9. The van der Waals surface area contributed by atoms with Gasteiger partial charge in [0.2, 0.25) is 5.91 Å². The lowest BCUT2D eigenvalue weighted by Crippen LogP contribution is -2.28. The van der Waals surface area contributed by atoms with Crippen LogP contribution in [0, 0.1) is 5.92 Å². The van der Waals surface area contributed by atoms with Gasteiger partial charge < -0.3 is 16.0 Å². The zero-order valence-corrected chi connectivity index (χ0v) is 15.5. The molecule has 0 aromatic heterocycles. The highest BCUT2D eigenvalue weighted by Crippen LogP contribution is 2.20. The number of amides is 2. The van der Waals surface area contributed by atoms with Gasteiger partial charge in [-0.1, -0.05) is 42.5 Å². The summed E-state index contributed by atoms with van der Waals surface area (Å²) < 4.78 is 0. The average Bonchev–Trinajstić information content (AvgIpc) is 2.72. The Bertz CT molecular complexity index is 755. The Hall–Kier alpha value is -2.66. The largest absolute Gasteiger partial charge is 0.348 e. The second-order valence-electron chi connectivity index (χ2n) is 6.99. The molecule has 5 heteroatoms.